The Morgan fingerprint density at radius 1 is 0.779 bits per heavy atom. The second-order valence-electron chi connectivity index (χ2n) is 20.0. The van der Waals surface area contributed by atoms with Gasteiger partial charge in [-0.15, -0.1) is 29.9 Å². The number of Topliss-reactive ketones (excluding diaryl/α,β-unsaturated/α-hetero) is 1. The Labute approximate surface area is 415 Å². The molecule has 0 radical (unpaired) electrons. The number of aryl methyl sites for hydroxylation is 2. The van der Waals surface area contributed by atoms with Gasteiger partial charge in [-0.2, -0.15) is 0 Å². The van der Waals surface area contributed by atoms with Crippen molar-refractivity contribution < 1.29 is 33.6 Å². The predicted molar refractivity (Wildman–Crippen MR) is 266 cm³/mol. The molecule has 1 aliphatic heterocycles. The van der Waals surface area contributed by atoms with Gasteiger partial charge in [0, 0.05) is 38.0 Å². The van der Waals surface area contributed by atoms with E-state index in [4.69, 9.17) is 0 Å². The number of rotatable bonds is 22. The average Bonchev–Trinajstić information content (AvgIpc) is 3.95. The summed E-state index contributed by atoms with van der Waals surface area (Å²) >= 11 is 0. The van der Waals surface area contributed by atoms with Crippen LogP contribution >= 0.6 is 24.8 Å². The zero-order valence-electron chi connectivity index (χ0n) is 42.1. The Hall–Kier alpha value is -4.65. The fourth-order valence-electron chi connectivity index (χ4n) is 8.15. The molecular formula is C48H79Cl2N11O7. The third-order valence-electron chi connectivity index (χ3n) is 13.2. The third-order valence-corrected chi connectivity index (χ3v) is 13.2. The van der Waals surface area contributed by atoms with E-state index < -0.39 is 59.5 Å². The summed E-state index contributed by atoms with van der Waals surface area (Å²) in [6.45, 7) is 18.6. The first-order valence-corrected chi connectivity index (χ1v) is 23.7. The number of amides is 6. The number of hydrogen-bond acceptors (Lipinski definition) is 11. The van der Waals surface area contributed by atoms with Crippen molar-refractivity contribution in [3.63, 3.8) is 0 Å². The number of hydrogen-bond donors (Lipinski definition) is 7. The van der Waals surface area contributed by atoms with Crippen molar-refractivity contribution >= 4 is 66.0 Å². The molecular weight excluding hydrogens is 914 g/mol. The number of fused-ring (bicyclic) bond motifs is 1. The highest BCUT2D eigenvalue weighted by Crippen LogP contribution is 2.34. The molecule has 2 aromatic rings. The summed E-state index contributed by atoms with van der Waals surface area (Å²) in [4.78, 5) is 96.8. The summed E-state index contributed by atoms with van der Waals surface area (Å²) in [5.41, 5.74) is 2.12. The Balaban J connectivity index is 0.00000793. The normalized spacial score (nSPS) is 19.4. The maximum absolute atomic E-state index is 14.6. The lowest BCUT2D eigenvalue weighted by Crippen LogP contribution is -2.59. The summed E-state index contributed by atoms with van der Waals surface area (Å²) < 4.78 is 1.64. The van der Waals surface area contributed by atoms with E-state index in [0.29, 0.717) is 5.69 Å². The molecule has 7 N–H and O–H groups in total. The molecule has 4 rings (SSSR count). The van der Waals surface area contributed by atoms with Gasteiger partial charge in [0.2, 0.25) is 35.4 Å². The summed E-state index contributed by atoms with van der Waals surface area (Å²) in [5, 5.41) is 29.3. The number of likely N-dealkylation sites (N-methyl/N-ethyl adjacent to an activating group) is 2. The molecule has 6 amide bonds. The molecule has 0 spiro atoms. The quantitative estimate of drug-likeness (QED) is 0.0904. The fourth-order valence-corrected chi connectivity index (χ4v) is 8.15. The van der Waals surface area contributed by atoms with Crippen molar-refractivity contribution in [2.45, 2.75) is 175 Å². The molecule has 1 aliphatic carbocycles. The third kappa shape index (κ3) is 16.2. The van der Waals surface area contributed by atoms with Gasteiger partial charge in [0.1, 0.15) is 30.0 Å². The van der Waals surface area contributed by atoms with Crippen molar-refractivity contribution in [2.75, 3.05) is 20.6 Å². The van der Waals surface area contributed by atoms with Crippen LogP contribution in [0, 0.1) is 17.3 Å². The molecule has 2 heterocycles. The molecule has 1 aromatic carbocycles. The second kappa shape index (κ2) is 26.9. The summed E-state index contributed by atoms with van der Waals surface area (Å²) in [6, 6.07) is 2.48. The first-order chi connectivity index (χ1) is 31.1. The monoisotopic (exact) mass is 992 g/mol. The van der Waals surface area contributed by atoms with Gasteiger partial charge >= 0.3 is 0 Å². The number of halogens is 2. The van der Waals surface area contributed by atoms with Crippen LogP contribution in [0.2, 0.25) is 0 Å². The minimum absolute atomic E-state index is 0. The largest absolute Gasteiger partial charge is 0.352 e. The van der Waals surface area contributed by atoms with Gasteiger partial charge in [0.25, 0.3) is 0 Å². The topological polar surface area (TPSA) is 238 Å². The van der Waals surface area contributed by atoms with E-state index in [2.05, 4.69) is 53.6 Å². The summed E-state index contributed by atoms with van der Waals surface area (Å²) in [7, 11) is 3.32. The summed E-state index contributed by atoms with van der Waals surface area (Å²) in [5.74, 6) is -2.57. The Morgan fingerprint density at radius 2 is 1.41 bits per heavy atom. The first kappa shape index (κ1) is 59.5. The molecule has 1 fully saturated rings. The van der Waals surface area contributed by atoms with Crippen molar-refractivity contribution in [2.24, 2.45) is 17.3 Å². The van der Waals surface area contributed by atoms with E-state index in [9.17, 15) is 33.6 Å². The molecule has 0 bridgehead atoms. The van der Waals surface area contributed by atoms with Gasteiger partial charge in [-0.1, -0.05) is 77.9 Å². The molecule has 1 aromatic heterocycles. The number of likely N-dealkylation sites (tertiary alicyclic amines) is 1. The van der Waals surface area contributed by atoms with Crippen LogP contribution in [-0.2, 0) is 46.4 Å². The van der Waals surface area contributed by atoms with Crippen molar-refractivity contribution in [3.8, 4) is 0 Å². The number of nitrogens with zero attached hydrogens (tertiary/aromatic N) is 4. The molecule has 1 saturated heterocycles. The molecule has 2 aliphatic rings. The minimum atomic E-state index is -1.02. The molecule has 20 heteroatoms. The van der Waals surface area contributed by atoms with Crippen LogP contribution in [0.25, 0.3) is 0 Å². The van der Waals surface area contributed by atoms with E-state index >= 15 is 0 Å². The highest BCUT2D eigenvalue weighted by Gasteiger charge is 2.46. The number of ketones is 1. The molecule has 0 saturated carbocycles. The zero-order chi connectivity index (χ0) is 49.0. The van der Waals surface area contributed by atoms with Crippen molar-refractivity contribution in [3.05, 3.63) is 47.3 Å². The van der Waals surface area contributed by atoms with Gasteiger partial charge in [0.15, 0.2) is 0 Å². The van der Waals surface area contributed by atoms with Gasteiger partial charge in [-0.3, -0.25) is 33.6 Å². The maximum atomic E-state index is 14.6. The van der Waals surface area contributed by atoms with E-state index in [1.807, 2.05) is 59.7 Å². The van der Waals surface area contributed by atoms with Crippen LogP contribution in [0.15, 0.2) is 30.5 Å². The van der Waals surface area contributed by atoms with Crippen molar-refractivity contribution in [1.29, 1.82) is 0 Å². The number of aromatic nitrogens is 3. The van der Waals surface area contributed by atoms with E-state index in [-0.39, 0.29) is 117 Å². The standard InChI is InChI=1S/C48H77N11O7.2ClH/c1-27(2)29(5)51-44(63)38(53-46(65)40(28(3)4)54-42(61)30(6)49-11)23-22-35(60)21-20-33-25-59(57-56-33)34-24-39(45(64)52-37-19-15-17-32-16-13-14-18-36(32)37)58(26-34)47(66)41(48(8,9)10)55-43(62)31(7)50-12;;/h13-14,16,18,25,27-31,34,37-41,49-50H,15,17,19-24,26H2,1-12H3,(H,51,63)(H,52,64)(H,53,65)(H,54,61)(H,55,62);2*1H/t29-,30+,31+,34+,37-,38+,39+,40?,41-;;/m1../s1. The van der Waals surface area contributed by atoms with Crippen molar-refractivity contribution in [1.82, 2.24) is 57.1 Å². The molecule has 9 atom stereocenters. The maximum Gasteiger partial charge on any atom is 0.246 e. The molecule has 1 unspecified atom stereocenters. The van der Waals surface area contributed by atoms with Gasteiger partial charge in [0.05, 0.1) is 29.9 Å². The van der Waals surface area contributed by atoms with Crippen LogP contribution in [-0.4, -0.2) is 124 Å². The van der Waals surface area contributed by atoms with Gasteiger partial charge in [-0.05, 0) is 95.3 Å². The van der Waals surface area contributed by atoms with E-state index in [1.54, 1.807) is 57.6 Å². The minimum Gasteiger partial charge on any atom is -0.352 e. The SMILES string of the molecule is CN[C@@H](C)C(=O)NC(C(=O)N[C@@H](CCC(=O)CCc1cn([C@H]2C[C@@H](C(=O)N[C@@H]3CCCc4ccccc43)N(C(=O)[C@@H](NC(=O)[C@H](C)NC)C(C)(C)C)C2)nn1)C(=O)N[C@H](C)C(C)C)C(C)C.Cl.Cl. The Morgan fingerprint density at radius 3 is 2.01 bits per heavy atom. The fraction of sp³-hybridized carbons (Fsp3) is 0.688. The van der Waals surface area contributed by atoms with Crippen LogP contribution in [0.5, 0.6) is 0 Å². The summed E-state index contributed by atoms with van der Waals surface area (Å²) in [6.07, 6.45) is 5.00. The molecule has 18 nitrogen and oxygen atoms in total. The lowest BCUT2D eigenvalue weighted by molar-refractivity contribution is -0.144. The number of carbonyl (C=O) groups excluding carboxylic acids is 7. The highest BCUT2D eigenvalue weighted by molar-refractivity contribution is 5.95. The van der Waals surface area contributed by atoms with Crippen LogP contribution < -0.4 is 37.2 Å². The van der Waals surface area contributed by atoms with Gasteiger partial charge < -0.3 is 42.1 Å². The lowest BCUT2D eigenvalue weighted by atomic mass is 9.85. The second-order valence-corrected chi connectivity index (χ2v) is 20.0. The predicted octanol–water partition coefficient (Wildman–Crippen LogP) is 3.27. The van der Waals surface area contributed by atoms with Crippen LogP contribution in [0.4, 0.5) is 0 Å². The highest BCUT2D eigenvalue weighted by atomic mass is 35.5. The van der Waals surface area contributed by atoms with E-state index in [1.165, 1.54) is 5.56 Å². The average molecular weight is 993 g/mol. The molecule has 68 heavy (non-hydrogen) atoms. The smallest absolute Gasteiger partial charge is 0.246 e. The van der Waals surface area contributed by atoms with Gasteiger partial charge in [-0.25, -0.2) is 4.68 Å². The lowest BCUT2D eigenvalue weighted by Gasteiger charge is -2.36. The first-order valence-electron chi connectivity index (χ1n) is 23.7. The Bertz CT molecular complexity index is 2030. The number of nitrogens with one attached hydrogen (secondary N) is 7. The van der Waals surface area contributed by atoms with Crippen LogP contribution in [0.1, 0.15) is 137 Å². The number of carbonyl (C=O) groups is 7. The van der Waals surface area contributed by atoms with Crippen LogP contribution in [0.3, 0.4) is 0 Å². The number of benzene rings is 1. The van der Waals surface area contributed by atoms with E-state index in [0.717, 1.165) is 24.8 Å². The zero-order valence-corrected chi connectivity index (χ0v) is 43.7. The Kier molecular flexibility index (Phi) is 23.6. The molecule has 382 valence electrons.